The smallest absolute Gasteiger partial charge is 0.269 e. The Morgan fingerprint density at radius 3 is 2.32 bits per heavy atom. The first-order valence-electron chi connectivity index (χ1n) is 9.92. The zero-order valence-electron chi connectivity index (χ0n) is 17.2. The molecular weight excluding hydrogens is 436 g/mol. The molecule has 0 unspecified atom stereocenters. The minimum Gasteiger partial charge on any atom is -0.326 e. The molecule has 3 amide bonds. The number of aryl methyl sites for hydroxylation is 1. The lowest BCUT2D eigenvalue weighted by Gasteiger charge is -2.11. The van der Waals surface area contributed by atoms with Crippen molar-refractivity contribution in [2.75, 3.05) is 5.32 Å². The first-order chi connectivity index (χ1) is 14.9. The molecule has 31 heavy (non-hydrogen) atoms. The van der Waals surface area contributed by atoms with E-state index >= 15 is 0 Å². The lowest BCUT2D eigenvalue weighted by atomic mass is 10.1. The summed E-state index contributed by atoms with van der Waals surface area (Å²) in [5, 5.41) is 5.87. The van der Waals surface area contributed by atoms with Crippen LogP contribution in [0.25, 0.3) is 0 Å². The summed E-state index contributed by atoms with van der Waals surface area (Å²) in [6, 6.07) is 13.8. The molecule has 9 heteroatoms. The molecule has 164 valence electrons. The zero-order valence-corrected chi connectivity index (χ0v) is 18.7. The van der Waals surface area contributed by atoms with Crippen LogP contribution in [0.4, 0.5) is 5.69 Å². The Hall–Kier alpha value is -2.97. The highest BCUT2D eigenvalue weighted by molar-refractivity contribution is 7.80. The third-order valence-corrected chi connectivity index (χ3v) is 4.88. The number of hydrazine groups is 1. The highest BCUT2D eigenvalue weighted by Crippen LogP contribution is 2.16. The third kappa shape index (κ3) is 8.74. The van der Waals surface area contributed by atoms with Crippen molar-refractivity contribution in [3.05, 3.63) is 64.7 Å². The van der Waals surface area contributed by atoms with Gasteiger partial charge < -0.3 is 10.6 Å². The number of hydrogen-bond donors (Lipinski definition) is 4. The first-order valence-corrected chi connectivity index (χ1v) is 10.7. The van der Waals surface area contributed by atoms with Gasteiger partial charge in [-0.2, -0.15) is 0 Å². The van der Waals surface area contributed by atoms with Crippen LogP contribution in [0.3, 0.4) is 0 Å². The summed E-state index contributed by atoms with van der Waals surface area (Å²) in [4.78, 5) is 36.0. The molecule has 2 rings (SSSR count). The summed E-state index contributed by atoms with van der Waals surface area (Å²) >= 11 is 11.1. The SMILES string of the molecule is CCCCC(=O)Nc1ccc(C(=O)NNC(=S)NC(=O)CCc2ccccc2Cl)cc1. The summed E-state index contributed by atoms with van der Waals surface area (Å²) in [6.45, 7) is 2.02. The van der Waals surface area contributed by atoms with E-state index in [9.17, 15) is 14.4 Å². The number of hydrogen-bond acceptors (Lipinski definition) is 4. The number of rotatable bonds is 8. The van der Waals surface area contributed by atoms with Crippen molar-refractivity contribution in [2.45, 2.75) is 39.0 Å². The molecule has 2 aromatic rings. The fourth-order valence-corrected chi connectivity index (χ4v) is 3.02. The Morgan fingerprint density at radius 2 is 1.65 bits per heavy atom. The number of halogens is 1. The lowest BCUT2D eigenvalue weighted by Crippen LogP contribution is -2.48. The van der Waals surface area contributed by atoms with Crippen molar-refractivity contribution in [3.8, 4) is 0 Å². The largest absolute Gasteiger partial charge is 0.326 e. The first kappa shape index (κ1) is 24.3. The van der Waals surface area contributed by atoms with E-state index in [0.717, 1.165) is 18.4 Å². The van der Waals surface area contributed by atoms with Gasteiger partial charge in [0.25, 0.3) is 5.91 Å². The van der Waals surface area contributed by atoms with Gasteiger partial charge in [-0.1, -0.05) is 43.1 Å². The van der Waals surface area contributed by atoms with E-state index < -0.39 is 5.91 Å². The van der Waals surface area contributed by atoms with Gasteiger partial charge in [0, 0.05) is 29.1 Å². The predicted molar refractivity (Wildman–Crippen MR) is 126 cm³/mol. The summed E-state index contributed by atoms with van der Waals surface area (Å²) in [7, 11) is 0. The molecule has 0 aliphatic rings. The van der Waals surface area contributed by atoms with Crippen molar-refractivity contribution in [3.63, 3.8) is 0 Å². The number of carbonyl (C=O) groups excluding carboxylic acids is 3. The lowest BCUT2D eigenvalue weighted by molar-refractivity contribution is -0.119. The third-order valence-electron chi connectivity index (χ3n) is 4.31. The molecule has 0 aliphatic carbocycles. The van der Waals surface area contributed by atoms with Crippen molar-refractivity contribution >= 4 is 52.3 Å². The molecule has 4 N–H and O–H groups in total. The molecule has 0 bridgehead atoms. The molecule has 0 heterocycles. The van der Waals surface area contributed by atoms with Crippen LogP contribution in [0, 0.1) is 0 Å². The molecule has 0 aromatic heterocycles. The van der Waals surface area contributed by atoms with Crippen LogP contribution in [0.15, 0.2) is 48.5 Å². The van der Waals surface area contributed by atoms with Gasteiger partial charge in [-0.25, -0.2) is 0 Å². The van der Waals surface area contributed by atoms with E-state index in [1.807, 2.05) is 25.1 Å². The highest BCUT2D eigenvalue weighted by atomic mass is 35.5. The van der Waals surface area contributed by atoms with Crippen molar-refractivity contribution in [2.24, 2.45) is 0 Å². The summed E-state index contributed by atoms with van der Waals surface area (Å²) in [6.07, 6.45) is 2.91. The van der Waals surface area contributed by atoms with Crippen molar-refractivity contribution in [1.82, 2.24) is 16.2 Å². The number of anilines is 1. The van der Waals surface area contributed by atoms with E-state index in [4.69, 9.17) is 23.8 Å². The molecule has 0 aliphatic heterocycles. The Morgan fingerprint density at radius 1 is 0.935 bits per heavy atom. The molecule has 0 radical (unpaired) electrons. The fraction of sp³-hybridized carbons (Fsp3) is 0.273. The van der Waals surface area contributed by atoms with E-state index in [2.05, 4.69) is 21.5 Å². The normalized spacial score (nSPS) is 10.1. The standard InChI is InChI=1S/C22H25ClN4O3S/c1-2-3-8-19(28)24-17-12-9-16(10-13-17)21(30)26-27-22(31)25-20(29)14-11-15-6-4-5-7-18(15)23/h4-7,9-10,12-13H,2-3,8,11,14H2,1H3,(H,24,28)(H,26,30)(H2,25,27,29,31). The Kier molecular flexibility index (Phi) is 9.93. The van der Waals surface area contributed by atoms with Crippen LogP contribution in [-0.4, -0.2) is 22.8 Å². The molecule has 0 atom stereocenters. The van der Waals surface area contributed by atoms with E-state index in [1.54, 1.807) is 30.3 Å². The van der Waals surface area contributed by atoms with Gasteiger partial charge in [0.2, 0.25) is 11.8 Å². The van der Waals surface area contributed by atoms with Crippen LogP contribution >= 0.6 is 23.8 Å². The minimum absolute atomic E-state index is 0.0164. The second-order valence-electron chi connectivity index (χ2n) is 6.78. The van der Waals surface area contributed by atoms with Gasteiger partial charge in [0.1, 0.15) is 0 Å². The van der Waals surface area contributed by atoms with Crippen LogP contribution in [0.5, 0.6) is 0 Å². The quantitative estimate of drug-likeness (QED) is 0.355. The predicted octanol–water partition coefficient (Wildman–Crippen LogP) is 3.74. The van der Waals surface area contributed by atoms with Crippen molar-refractivity contribution < 1.29 is 14.4 Å². The number of benzene rings is 2. The second kappa shape index (κ2) is 12.7. The van der Waals surface area contributed by atoms with E-state index in [0.29, 0.717) is 29.1 Å². The molecular formula is C22H25ClN4O3S. The van der Waals surface area contributed by atoms with Crippen LogP contribution < -0.4 is 21.5 Å². The van der Waals surface area contributed by atoms with Gasteiger partial charge in [-0.15, -0.1) is 0 Å². The van der Waals surface area contributed by atoms with Crippen LogP contribution in [0.1, 0.15) is 48.5 Å². The maximum atomic E-state index is 12.2. The van der Waals surface area contributed by atoms with Gasteiger partial charge in [-0.05, 0) is 61.0 Å². The Labute approximate surface area is 191 Å². The fourth-order valence-electron chi connectivity index (χ4n) is 2.62. The number of thiocarbonyl (C=S) groups is 1. The molecule has 0 spiro atoms. The summed E-state index contributed by atoms with van der Waals surface area (Å²) in [5.41, 5.74) is 6.77. The average Bonchev–Trinajstić information content (AvgIpc) is 2.76. The topological polar surface area (TPSA) is 99.3 Å². The van der Waals surface area contributed by atoms with Gasteiger partial charge in [0.05, 0.1) is 0 Å². The van der Waals surface area contributed by atoms with Gasteiger partial charge in [-0.3, -0.25) is 25.2 Å². The summed E-state index contributed by atoms with van der Waals surface area (Å²) in [5.74, 6) is -0.789. The summed E-state index contributed by atoms with van der Waals surface area (Å²) < 4.78 is 0. The van der Waals surface area contributed by atoms with Crippen LogP contribution in [-0.2, 0) is 16.0 Å². The van der Waals surface area contributed by atoms with Gasteiger partial charge >= 0.3 is 0 Å². The molecule has 0 saturated heterocycles. The number of unbranched alkanes of at least 4 members (excludes halogenated alkanes) is 1. The number of nitrogens with one attached hydrogen (secondary N) is 4. The van der Waals surface area contributed by atoms with Crippen molar-refractivity contribution in [1.29, 1.82) is 0 Å². The maximum Gasteiger partial charge on any atom is 0.269 e. The average molecular weight is 461 g/mol. The minimum atomic E-state index is -0.434. The highest BCUT2D eigenvalue weighted by Gasteiger charge is 2.10. The maximum absolute atomic E-state index is 12.2. The monoisotopic (exact) mass is 460 g/mol. The molecule has 0 saturated carbocycles. The van der Waals surface area contributed by atoms with Crippen LogP contribution in [0.2, 0.25) is 5.02 Å². The van der Waals surface area contributed by atoms with E-state index in [-0.39, 0.29) is 23.3 Å². The Balaban J connectivity index is 1.73. The molecule has 2 aromatic carbocycles. The van der Waals surface area contributed by atoms with E-state index in [1.165, 1.54) is 0 Å². The molecule has 7 nitrogen and oxygen atoms in total. The van der Waals surface area contributed by atoms with Gasteiger partial charge in [0.15, 0.2) is 5.11 Å². The number of carbonyl (C=O) groups is 3. The Bertz CT molecular complexity index is 935. The number of amides is 3. The second-order valence-corrected chi connectivity index (χ2v) is 7.59. The zero-order chi connectivity index (χ0) is 22.6. The molecule has 0 fully saturated rings.